The molecule has 0 aliphatic rings. The zero-order valence-corrected chi connectivity index (χ0v) is 7.42. The molecule has 0 atom stereocenters. The summed E-state index contributed by atoms with van der Waals surface area (Å²) in [7, 11) is 0. The van der Waals surface area contributed by atoms with E-state index in [1.54, 1.807) is 19.1 Å². The van der Waals surface area contributed by atoms with Crippen LogP contribution >= 0.6 is 0 Å². The van der Waals surface area contributed by atoms with Crippen molar-refractivity contribution in [1.82, 2.24) is 0 Å². The molecule has 13 heavy (non-hydrogen) atoms. The molecule has 0 fully saturated rings. The fraction of sp³-hybridized carbons (Fsp3) is 0.222. The number of aliphatic imine (C=N–C) groups is 1. The Morgan fingerprint density at radius 1 is 1.46 bits per heavy atom. The lowest BCUT2D eigenvalue weighted by molar-refractivity contribution is 0.617. The van der Waals surface area contributed by atoms with Crippen LogP contribution in [-0.2, 0) is 6.54 Å². The van der Waals surface area contributed by atoms with E-state index < -0.39 is 0 Å². The van der Waals surface area contributed by atoms with E-state index in [9.17, 15) is 4.39 Å². The number of guanidine groups is 1. The molecule has 4 heteroatoms. The maximum Gasteiger partial charge on any atom is 0.186 e. The second-order valence-electron chi connectivity index (χ2n) is 2.82. The van der Waals surface area contributed by atoms with E-state index in [0.29, 0.717) is 12.1 Å². The third-order valence-electron chi connectivity index (χ3n) is 1.67. The van der Waals surface area contributed by atoms with Crippen LogP contribution in [0.5, 0.6) is 0 Å². The molecule has 0 saturated heterocycles. The first-order chi connectivity index (χ1) is 6.09. The highest BCUT2D eigenvalue weighted by Crippen LogP contribution is 2.09. The minimum absolute atomic E-state index is 0.0435. The fourth-order valence-corrected chi connectivity index (χ4v) is 0.988. The number of nitrogens with zero attached hydrogens (tertiary/aromatic N) is 1. The zero-order valence-electron chi connectivity index (χ0n) is 7.42. The zero-order chi connectivity index (χ0) is 9.84. The van der Waals surface area contributed by atoms with Crippen LogP contribution in [0, 0.1) is 12.7 Å². The molecule has 0 spiro atoms. The van der Waals surface area contributed by atoms with Gasteiger partial charge in [0.2, 0.25) is 0 Å². The second kappa shape index (κ2) is 3.89. The van der Waals surface area contributed by atoms with Gasteiger partial charge in [-0.3, -0.25) is 0 Å². The lowest BCUT2D eigenvalue weighted by Gasteiger charge is -2.00. The molecule has 0 aliphatic heterocycles. The van der Waals surface area contributed by atoms with Gasteiger partial charge in [-0.15, -0.1) is 0 Å². The van der Waals surface area contributed by atoms with Crippen LogP contribution < -0.4 is 11.5 Å². The summed E-state index contributed by atoms with van der Waals surface area (Å²) in [4.78, 5) is 3.82. The maximum absolute atomic E-state index is 12.8. The van der Waals surface area contributed by atoms with E-state index in [2.05, 4.69) is 4.99 Å². The lowest BCUT2D eigenvalue weighted by Crippen LogP contribution is -2.22. The Kier molecular flexibility index (Phi) is 2.84. The Labute approximate surface area is 76.3 Å². The molecule has 0 heterocycles. The Morgan fingerprint density at radius 2 is 2.15 bits per heavy atom. The lowest BCUT2D eigenvalue weighted by atomic mass is 10.1. The van der Waals surface area contributed by atoms with Crippen molar-refractivity contribution >= 4 is 5.96 Å². The van der Waals surface area contributed by atoms with Crippen molar-refractivity contribution in [2.24, 2.45) is 16.5 Å². The minimum atomic E-state index is -0.214. The molecule has 1 aromatic rings. The fourth-order valence-electron chi connectivity index (χ4n) is 0.988. The molecule has 0 aliphatic carbocycles. The van der Waals surface area contributed by atoms with Gasteiger partial charge in [-0.2, -0.15) is 0 Å². The van der Waals surface area contributed by atoms with Crippen LogP contribution in [0.1, 0.15) is 11.1 Å². The molecule has 0 bridgehead atoms. The molecule has 3 nitrogen and oxygen atoms in total. The van der Waals surface area contributed by atoms with Gasteiger partial charge in [0.1, 0.15) is 5.82 Å². The number of benzene rings is 1. The summed E-state index contributed by atoms with van der Waals surface area (Å²) in [5, 5.41) is 0. The van der Waals surface area contributed by atoms with Gasteiger partial charge in [-0.1, -0.05) is 12.1 Å². The van der Waals surface area contributed by atoms with Crippen molar-refractivity contribution in [2.75, 3.05) is 0 Å². The van der Waals surface area contributed by atoms with Crippen LogP contribution in [0.3, 0.4) is 0 Å². The van der Waals surface area contributed by atoms with E-state index in [1.165, 1.54) is 6.07 Å². The highest BCUT2D eigenvalue weighted by Gasteiger charge is 1.97. The van der Waals surface area contributed by atoms with Gasteiger partial charge in [0, 0.05) is 0 Å². The van der Waals surface area contributed by atoms with Gasteiger partial charge >= 0.3 is 0 Å². The minimum Gasteiger partial charge on any atom is -0.370 e. The third-order valence-corrected chi connectivity index (χ3v) is 1.67. The number of hydrogen-bond acceptors (Lipinski definition) is 1. The predicted molar refractivity (Wildman–Crippen MR) is 50.7 cm³/mol. The summed E-state index contributed by atoms with van der Waals surface area (Å²) in [6, 6.07) is 4.80. The van der Waals surface area contributed by atoms with Crippen molar-refractivity contribution < 1.29 is 4.39 Å². The topological polar surface area (TPSA) is 64.4 Å². The maximum atomic E-state index is 12.8. The largest absolute Gasteiger partial charge is 0.370 e. The van der Waals surface area contributed by atoms with Crippen molar-refractivity contribution in [3.63, 3.8) is 0 Å². The summed E-state index contributed by atoms with van der Waals surface area (Å²) in [5.41, 5.74) is 11.8. The average Bonchev–Trinajstić information content (AvgIpc) is 2.07. The monoisotopic (exact) mass is 181 g/mol. The molecule has 0 amide bonds. The summed E-state index contributed by atoms with van der Waals surface area (Å²) in [5.74, 6) is -0.171. The summed E-state index contributed by atoms with van der Waals surface area (Å²) >= 11 is 0. The van der Waals surface area contributed by atoms with Crippen molar-refractivity contribution in [1.29, 1.82) is 0 Å². The molecule has 0 radical (unpaired) electrons. The summed E-state index contributed by atoms with van der Waals surface area (Å²) in [6.45, 7) is 2.10. The molecule has 0 unspecified atom stereocenters. The first-order valence-corrected chi connectivity index (χ1v) is 3.90. The van der Waals surface area contributed by atoms with E-state index >= 15 is 0 Å². The van der Waals surface area contributed by atoms with Crippen LogP contribution in [-0.4, -0.2) is 5.96 Å². The van der Waals surface area contributed by atoms with Gasteiger partial charge in [-0.05, 0) is 24.1 Å². The Morgan fingerprint density at radius 3 is 2.69 bits per heavy atom. The molecule has 70 valence electrons. The quantitative estimate of drug-likeness (QED) is 0.526. The first-order valence-electron chi connectivity index (χ1n) is 3.90. The van der Waals surface area contributed by atoms with Crippen LogP contribution in [0.25, 0.3) is 0 Å². The molecular formula is C9H12FN3. The standard InChI is InChI=1S/C9H12FN3/c1-6-4-7(2-3-8(6)10)5-13-9(11)12/h2-4H,5H2,1H3,(H4,11,12,13). The highest BCUT2D eigenvalue weighted by molar-refractivity contribution is 5.75. The van der Waals surface area contributed by atoms with Crippen LogP contribution in [0.4, 0.5) is 4.39 Å². The molecule has 0 saturated carbocycles. The molecular weight excluding hydrogens is 169 g/mol. The SMILES string of the molecule is Cc1cc(CN=C(N)N)ccc1F. The smallest absolute Gasteiger partial charge is 0.186 e. The van der Waals surface area contributed by atoms with E-state index in [1.807, 2.05) is 0 Å². The number of nitrogens with two attached hydrogens (primary N) is 2. The second-order valence-corrected chi connectivity index (χ2v) is 2.82. The Balaban J connectivity index is 2.80. The van der Waals surface area contributed by atoms with E-state index in [-0.39, 0.29) is 11.8 Å². The predicted octanol–water partition coefficient (Wildman–Crippen LogP) is 0.908. The van der Waals surface area contributed by atoms with Crippen LogP contribution in [0.15, 0.2) is 23.2 Å². The van der Waals surface area contributed by atoms with Gasteiger partial charge in [0.05, 0.1) is 6.54 Å². The van der Waals surface area contributed by atoms with Crippen molar-refractivity contribution in [3.05, 3.63) is 35.1 Å². The molecule has 1 rings (SSSR count). The highest BCUT2D eigenvalue weighted by atomic mass is 19.1. The third kappa shape index (κ3) is 2.74. The molecule has 1 aromatic carbocycles. The summed E-state index contributed by atoms with van der Waals surface area (Å²) in [6.07, 6.45) is 0. The van der Waals surface area contributed by atoms with Gasteiger partial charge in [-0.25, -0.2) is 9.38 Å². The molecule has 0 aromatic heterocycles. The number of aryl methyl sites for hydroxylation is 1. The number of hydrogen-bond donors (Lipinski definition) is 2. The Hall–Kier alpha value is -1.58. The van der Waals surface area contributed by atoms with E-state index in [0.717, 1.165) is 5.56 Å². The van der Waals surface area contributed by atoms with Gasteiger partial charge in [0.15, 0.2) is 5.96 Å². The van der Waals surface area contributed by atoms with Gasteiger partial charge < -0.3 is 11.5 Å². The van der Waals surface area contributed by atoms with Gasteiger partial charge in [0.25, 0.3) is 0 Å². The van der Waals surface area contributed by atoms with Crippen molar-refractivity contribution in [2.45, 2.75) is 13.5 Å². The van der Waals surface area contributed by atoms with Crippen molar-refractivity contribution in [3.8, 4) is 0 Å². The average molecular weight is 181 g/mol. The number of rotatable bonds is 2. The first kappa shape index (κ1) is 9.51. The van der Waals surface area contributed by atoms with Crippen LogP contribution in [0.2, 0.25) is 0 Å². The normalized spacial score (nSPS) is 9.69. The summed E-state index contributed by atoms with van der Waals surface area (Å²) < 4.78 is 12.8. The Bertz CT molecular complexity index is 330. The van der Waals surface area contributed by atoms with E-state index in [4.69, 9.17) is 11.5 Å². The number of halogens is 1. The molecule has 4 N–H and O–H groups in total.